The zero-order valence-electron chi connectivity index (χ0n) is 15.8. The molecule has 6 heteroatoms. The van der Waals surface area contributed by atoms with Gasteiger partial charge in [0.05, 0.1) is 0 Å². The Morgan fingerprint density at radius 2 is 1.75 bits per heavy atom. The van der Waals surface area contributed by atoms with Crippen molar-refractivity contribution in [3.63, 3.8) is 0 Å². The topological polar surface area (TPSA) is 40.6 Å². The number of carbonyl (C=O) groups is 2. The zero-order chi connectivity index (χ0) is 19.9. The molecule has 0 saturated carbocycles. The van der Waals surface area contributed by atoms with Gasteiger partial charge in [-0.1, -0.05) is 53.5 Å². The SMILES string of the molecule is CC1(C(=O)N2Cc3ccccc3C2)CCN1C(=O)CCc1ccc(Cl)cc1Cl. The molecule has 4 rings (SSSR count). The summed E-state index contributed by atoms with van der Waals surface area (Å²) in [5, 5.41) is 1.14. The molecule has 2 aliphatic rings. The van der Waals surface area contributed by atoms with E-state index in [1.54, 1.807) is 17.0 Å². The van der Waals surface area contributed by atoms with Crippen LogP contribution in [0.2, 0.25) is 10.0 Å². The van der Waals surface area contributed by atoms with Crippen molar-refractivity contribution < 1.29 is 9.59 Å². The van der Waals surface area contributed by atoms with Crippen LogP contribution in [0.25, 0.3) is 0 Å². The molecule has 0 bridgehead atoms. The van der Waals surface area contributed by atoms with Crippen molar-refractivity contribution in [1.82, 2.24) is 9.80 Å². The first-order chi connectivity index (χ1) is 13.4. The number of halogens is 2. The van der Waals surface area contributed by atoms with Crippen LogP contribution in [0.5, 0.6) is 0 Å². The summed E-state index contributed by atoms with van der Waals surface area (Å²) >= 11 is 12.1. The van der Waals surface area contributed by atoms with Gasteiger partial charge < -0.3 is 9.80 Å². The standard InChI is InChI=1S/C22H22Cl2N2O2/c1-22(21(28)25-13-16-4-2-3-5-17(16)14-25)10-11-26(22)20(27)9-7-15-6-8-18(23)12-19(15)24/h2-6,8,12H,7,9-11,13-14H2,1H3. The number of nitrogens with zero attached hydrogens (tertiary/aromatic N) is 2. The lowest BCUT2D eigenvalue weighted by molar-refractivity contribution is -0.164. The molecule has 28 heavy (non-hydrogen) atoms. The molecule has 2 aromatic rings. The number of aryl methyl sites for hydroxylation is 1. The van der Waals surface area contributed by atoms with Crippen LogP contribution in [-0.4, -0.2) is 33.7 Å². The number of hydrogen-bond acceptors (Lipinski definition) is 2. The van der Waals surface area contributed by atoms with Crippen LogP contribution in [0.4, 0.5) is 0 Å². The van der Waals surface area contributed by atoms with Gasteiger partial charge in [0.25, 0.3) is 0 Å². The van der Waals surface area contributed by atoms with Gasteiger partial charge >= 0.3 is 0 Å². The van der Waals surface area contributed by atoms with E-state index >= 15 is 0 Å². The normalized spacial score (nSPS) is 20.7. The third-order valence-electron chi connectivity index (χ3n) is 5.93. The monoisotopic (exact) mass is 416 g/mol. The van der Waals surface area contributed by atoms with E-state index in [0.29, 0.717) is 48.9 Å². The summed E-state index contributed by atoms with van der Waals surface area (Å²) in [5.74, 6) is 0.0256. The fraction of sp³-hybridized carbons (Fsp3) is 0.364. The molecule has 0 radical (unpaired) electrons. The van der Waals surface area contributed by atoms with Gasteiger partial charge in [0.2, 0.25) is 11.8 Å². The molecule has 4 nitrogen and oxygen atoms in total. The van der Waals surface area contributed by atoms with Gasteiger partial charge in [-0.3, -0.25) is 9.59 Å². The third kappa shape index (κ3) is 3.40. The minimum absolute atomic E-state index is 0.00942. The largest absolute Gasteiger partial charge is 0.332 e. The van der Waals surface area contributed by atoms with E-state index in [-0.39, 0.29) is 11.8 Å². The first kappa shape index (κ1) is 19.3. The molecule has 0 aromatic heterocycles. The smallest absolute Gasteiger partial charge is 0.248 e. The molecule has 2 aromatic carbocycles. The van der Waals surface area contributed by atoms with Crippen LogP contribution in [0.1, 0.15) is 36.5 Å². The Labute approximate surface area is 175 Å². The molecule has 0 N–H and O–H groups in total. The van der Waals surface area contributed by atoms with E-state index in [1.807, 2.05) is 30.0 Å². The Kier molecular flexibility index (Phi) is 5.11. The second-order valence-electron chi connectivity index (χ2n) is 7.73. The van der Waals surface area contributed by atoms with Crippen molar-refractivity contribution in [2.45, 2.75) is 44.8 Å². The van der Waals surface area contributed by atoms with Gasteiger partial charge in [-0.2, -0.15) is 0 Å². The lowest BCUT2D eigenvalue weighted by Gasteiger charge is -2.50. The summed E-state index contributed by atoms with van der Waals surface area (Å²) in [7, 11) is 0. The first-order valence-corrected chi connectivity index (χ1v) is 10.2. The van der Waals surface area contributed by atoms with Crippen molar-refractivity contribution in [3.8, 4) is 0 Å². The van der Waals surface area contributed by atoms with Gasteiger partial charge in [-0.25, -0.2) is 0 Å². The molecule has 2 aliphatic heterocycles. The summed E-state index contributed by atoms with van der Waals surface area (Å²) in [6.45, 7) is 3.74. The minimum atomic E-state index is -0.747. The van der Waals surface area contributed by atoms with E-state index in [9.17, 15) is 9.59 Å². The number of fused-ring (bicyclic) bond motifs is 1. The van der Waals surface area contributed by atoms with Gasteiger partial charge in [-0.05, 0) is 48.6 Å². The predicted molar refractivity (Wildman–Crippen MR) is 110 cm³/mol. The van der Waals surface area contributed by atoms with E-state index in [0.717, 1.165) is 5.56 Å². The van der Waals surface area contributed by atoms with Gasteiger partial charge in [0.1, 0.15) is 5.54 Å². The summed E-state index contributed by atoms with van der Waals surface area (Å²) in [4.78, 5) is 29.6. The molecule has 0 spiro atoms. The Morgan fingerprint density at radius 3 is 2.32 bits per heavy atom. The number of hydrogen-bond donors (Lipinski definition) is 0. The average molecular weight is 417 g/mol. The number of carbonyl (C=O) groups excluding carboxylic acids is 2. The van der Waals surface area contributed by atoms with E-state index in [2.05, 4.69) is 12.1 Å². The quantitative estimate of drug-likeness (QED) is 0.737. The molecule has 0 aliphatic carbocycles. The van der Waals surface area contributed by atoms with Crippen LogP contribution >= 0.6 is 23.2 Å². The Bertz CT molecular complexity index is 921. The van der Waals surface area contributed by atoms with Gasteiger partial charge in [-0.15, -0.1) is 0 Å². The summed E-state index contributed by atoms with van der Waals surface area (Å²) in [5.41, 5.74) is 2.52. The average Bonchev–Trinajstić information content (AvgIpc) is 3.09. The summed E-state index contributed by atoms with van der Waals surface area (Å²) in [6.07, 6.45) is 1.56. The van der Waals surface area contributed by atoms with E-state index < -0.39 is 5.54 Å². The van der Waals surface area contributed by atoms with E-state index in [4.69, 9.17) is 23.2 Å². The molecule has 1 atom stereocenters. The second-order valence-corrected chi connectivity index (χ2v) is 8.58. The Hall–Kier alpha value is -2.04. The minimum Gasteiger partial charge on any atom is -0.332 e. The lowest BCUT2D eigenvalue weighted by Crippen LogP contribution is -2.67. The molecule has 2 amide bonds. The molecular formula is C22H22Cl2N2O2. The lowest BCUT2D eigenvalue weighted by atomic mass is 9.84. The van der Waals surface area contributed by atoms with Crippen molar-refractivity contribution >= 4 is 35.0 Å². The third-order valence-corrected chi connectivity index (χ3v) is 6.52. The molecule has 1 unspecified atom stereocenters. The number of rotatable bonds is 4. The highest BCUT2D eigenvalue weighted by Gasteiger charge is 2.51. The molecule has 1 fully saturated rings. The van der Waals surface area contributed by atoms with Crippen molar-refractivity contribution in [1.29, 1.82) is 0 Å². The number of amides is 2. The highest BCUT2D eigenvalue weighted by atomic mass is 35.5. The molecule has 146 valence electrons. The fourth-order valence-corrected chi connectivity index (χ4v) is 4.60. The van der Waals surface area contributed by atoms with E-state index in [1.165, 1.54) is 11.1 Å². The first-order valence-electron chi connectivity index (χ1n) is 9.49. The number of benzene rings is 2. The highest BCUT2D eigenvalue weighted by molar-refractivity contribution is 6.35. The molecular weight excluding hydrogens is 395 g/mol. The van der Waals surface area contributed by atoms with Crippen LogP contribution in [0.3, 0.4) is 0 Å². The zero-order valence-corrected chi connectivity index (χ0v) is 17.3. The van der Waals surface area contributed by atoms with Crippen molar-refractivity contribution in [2.75, 3.05) is 6.54 Å². The van der Waals surface area contributed by atoms with Crippen LogP contribution in [0, 0.1) is 0 Å². The van der Waals surface area contributed by atoms with Gasteiger partial charge in [0.15, 0.2) is 0 Å². The summed E-state index contributed by atoms with van der Waals surface area (Å²) in [6, 6.07) is 13.4. The maximum absolute atomic E-state index is 13.2. The summed E-state index contributed by atoms with van der Waals surface area (Å²) < 4.78 is 0. The van der Waals surface area contributed by atoms with Crippen molar-refractivity contribution in [2.24, 2.45) is 0 Å². The van der Waals surface area contributed by atoms with Gasteiger partial charge in [0, 0.05) is 36.1 Å². The van der Waals surface area contributed by atoms with Crippen LogP contribution in [0.15, 0.2) is 42.5 Å². The number of likely N-dealkylation sites (tertiary alicyclic amines) is 1. The Balaban J connectivity index is 1.40. The Morgan fingerprint density at radius 1 is 1.07 bits per heavy atom. The maximum atomic E-state index is 13.2. The highest BCUT2D eigenvalue weighted by Crippen LogP contribution is 2.36. The van der Waals surface area contributed by atoms with Crippen LogP contribution < -0.4 is 0 Å². The predicted octanol–water partition coefficient (Wildman–Crippen LogP) is 4.46. The van der Waals surface area contributed by atoms with Crippen molar-refractivity contribution in [3.05, 3.63) is 69.2 Å². The maximum Gasteiger partial charge on any atom is 0.248 e. The fourth-order valence-electron chi connectivity index (χ4n) is 4.10. The second kappa shape index (κ2) is 7.41. The molecule has 2 heterocycles. The van der Waals surface area contributed by atoms with Crippen LogP contribution in [-0.2, 0) is 29.1 Å². The molecule has 1 saturated heterocycles.